The van der Waals surface area contributed by atoms with E-state index in [0.717, 1.165) is 31.0 Å². The maximum absolute atomic E-state index is 6.30. The van der Waals surface area contributed by atoms with E-state index in [4.69, 9.17) is 15.2 Å². The Kier molecular flexibility index (Phi) is 5.26. The first kappa shape index (κ1) is 15.1. The number of nitrogens with zero attached hydrogens (tertiary/aromatic N) is 1. The summed E-state index contributed by atoms with van der Waals surface area (Å²) in [6, 6.07) is 6.44. The fraction of sp³-hybridized carbons (Fsp3) is 0.625. The van der Waals surface area contributed by atoms with Gasteiger partial charge in [0.05, 0.1) is 13.2 Å². The van der Waals surface area contributed by atoms with Crippen LogP contribution in [0.4, 0.5) is 0 Å². The van der Waals surface area contributed by atoms with Crippen molar-refractivity contribution in [3.05, 3.63) is 23.8 Å². The lowest BCUT2D eigenvalue weighted by atomic mass is 9.86. The molecule has 0 radical (unpaired) electrons. The molecule has 2 rings (SSSR count). The van der Waals surface area contributed by atoms with Crippen LogP contribution in [0.3, 0.4) is 0 Å². The molecule has 20 heavy (non-hydrogen) atoms. The highest BCUT2D eigenvalue weighted by atomic mass is 16.5. The van der Waals surface area contributed by atoms with Crippen LogP contribution in [0.25, 0.3) is 0 Å². The van der Waals surface area contributed by atoms with Crippen molar-refractivity contribution in [2.24, 2.45) is 5.73 Å². The SMILES string of the molecule is CCOc1ccc(C2CN(C)CCC2N)cc1OCC. The second-order valence-electron chi connectivity index (χ2n) is 5.39. The van der Waals surface area contributed by atoms with Gasteiger partial charge in [0.1, 0.15) is 0 Å². The van der Waals surface area contributed by atoms with Crippen LogP contribution in [0.1, 0.15) is 31.7 Å². The molecule has 0 aliphatic carbocycles. The normalized spacial score (nSPS) is 23.6. The average Bonchev–Trinajstić information content (AvgIpc) is 2.44. The second-order valence-corrected chi connectivity index (χ2v) is 5.39. The van der Waals surface area contributed by atoms with Crippen LogP contribution >= 0.6 is 0 Å². The van der Waals surface area contributed by atoms with Crippen LogP contribution in [0, 0.1) is 0 Å². The third kappa shape index (κ3) is 3.44. The number of rotatable bonds is 5. The molecule has 1 fully saturated rings. The lowest BCUT2D eigenvalue weighted by Crippen LogP contribution is -2.44. The van der Waals surface area contributed by atoms with Gasteiger partial charge in [-0.2, -0.15) is 0 Å². The lowest BCUT2D eigenvalue weighted by Gasteiger charge is -2.35. The molecule has 1 aliphatic heterocycles. The van der Waals surface area contributed by atoms with Gasteiger partial charge in [-0.1, -0.05) is 6.07 Å². The summed E-state index contributed by atoms with van der Waals surface area (Å²) in [6.07, 6.45) is 1.04. The zero-order chi connectivity index (χ0) is 14.5. The van der Waals surface area contributed by atoms with E-state index in [1.54, 1.807) is 0 Å². The monoisotopic (exact) mass is 278 g/mol. The maximum Gasteiger partial charge on any atom is 0.161 e. The van der Waals surface area contributed by atoms with Gasteiger partial charge in [-0.05, 0) is 51.6 Å². The van der Waals surface area contributed by atoms with Gasteiger partial charge in [-0.25, -0.2) is 0 Å². The lowest BCUT2D eigenvalue weighted by molar-refractivity contribution is 0.227. The Morgan fingerprint density at radius 1 is 1.20 bits per heavy atom. The molecule has 4 heteroatoms. The summed E-state index contributed by atoms with van der Waals surface area (Å²) in [5.41, 5.74) is 7.54. The smallest absolute Gasteiger partial charge is 0.161 e. The van der Waals surface area contributed by atoms with E-state index in [-0.39, 0.29) is 6.04 Å². The topological polar surface area (TPSA) is 47.7 Å². The highest BCUT2D eigenvalue weighted by Crippen LogP contribution is 2.34. The van der Waals surface area contributed by atoms with E-state index in [1.165, 1.54) is 5.56 Å². The number of likely N-dealkylation sites (N-methyl/N-ethyl adjacent to an activating group) is 1. The van der Waals surface area contributed by atoms with Gasteiger partial charge < -0.3 is 20.1 Å². The molecule has 112 valence electrons. The Morgan fingerprint density at radius 3 is 2.60 bits per heavy atom. The van der Waals surface area contributed by atoms with E-state index in [9.17, 15) is 0 Å². The van der Waals surface area contributed by atoms with E-state index >= 15 is 0 Å². The van der Waals surface area contributed by atoms with Gasteiger partial charge in [0.2, 0.25) is 0 Å². The van der Waals surface area contributed by atoms with Gasteiger partial charge in [0, 0.05) is 18.5 Å². The minimum Gasteiger partial charge on any atom is -0.490 e. The molecule has 0 amide bonds. The Labute approximate surface area is 121 Å². The summed E-state index contributed by atoms with van der Waals surface area (Å²) < 4.78 is 11.3. The third-order valence-electron chi connectivity index (χ3n) is 3.86. The molecule has 2 unspecified atom stereocenters. The van der Waals surface area contributed by atoms with Crippen molar-refractivity contribution in [2.75, 3.05) is 33.4 Å². The fourth-order valence-corrected chi connectivity index (χ4v) is 2.78. The molecule has 1 saturated heterocycles. The highest BCUT2D eigenvalue weighted by molar-refractivity contribution is 5.44. The first-order valence-corrected chi connectivity index (χ1v) is 7.49. The molecule has 1 heterocycles. The Morgan fingerprint density at radius 2 is 1.90 bits per heavy atom. The number of ether oxygens (including phenoxy) is 2. The minimum atomic E-state index is 0.221. The Balaban J connectivity index is 2.24. The summed E-state index contributed by atoms with van der Waals surface area (Å²) in [4.78, 5) is 2.34. The van der Waals surface area contributed by atoms with Gasteiger partial charge >= 0.3 is 0 Å². The molecule has 1 aromatic rings. The van der Waals surface area contributed by atoms with Crippen molar-refractivity contribution in [3.8, 4) is 11.5 Å². The van der Waals surface area contributed by atoms with Crippen LogP contribution < -0.4 is 15.2 Å². The van der Waals surface area contributed by atoms with Crippen molar-refractivity contribution in [3.63, 3.8) is 0 Å². The highest BCUT2D eigenvalue weighted by Gasteiger charge is 2.26. The van der Waals surface area contributed by atoms with Gasteiger partial charge in [0.25, 0.3) is 0 Å². The van der Waals surface area contributed by atoms with Gasteiger partial charge in [-0.3, -0.25) is 0 Å². The predicted octanol–water partition coefficient (Wildman–Crippen LogP) is 2.23. The van der Waals surface area contributed by atoms with Crippen molar-refractivity contribution in [1.29, 1.82) is 0 Å². The molecule has 0 bridgehead atoms. The second kappa shape index (κ2) is 6.95. The predicted molar refractivity (Wildman–Crippen MR) is 81.6 cm³/mol. The van der Waals surface area contributed by atoms with Gasteiger partial charge in [-0.15, -0.1) is 0 Å². The molecular weight excluding hydrogens is 252 g/mol. The third-order valence-corrected chi connectivity index (χ3v) is 3.86. The molecule has 1 aliphatic rings. The van der Waals surface area contributed by atoms with E-state index < -0.39 is 0 Å². The maximum atomic E-state index is 6.30. The standard InChI is InChI=1S/C16H26N2O2/c1-4-19-15-7-6-12(10-16(15)20-5-2)13-11-18(3)9-8-14(13)17/h6-7,10,13-14H,4-5,8-9,11,17H2,1-3H3. The molecule has 0 spiro atoms. The minimum absolute atomic E-state index is 0.221. The Bertz CT molecular complexity index is 436. The van der Waals surface area contributed by atoms with Crippen LogP contribution in [0.5, 0.6) is 11.5 Å². The Hall–Kier alpha value is -1.26. The fourth-order valence-electron chi connectivity index (χ4n) is 2.78. The summed E-state index contributed by atoms with van der Waals surface area (Å²) in [7, 11) is 2.15. The molecule has 4 nitrogen and oxygen atoms in total. The van der Waals surface area contributed by atoms with Crippen LogP contribution in [0.2, 0.25) is 0 Å². The number of piperidine rings is 1. The van der Waals surface area contributed by atoms with Crippen molar-refractivity contribution < 1.29 is 9.47 Å². The average molecular weight is 278 g/mol. The zero-order valence-electron chi connectivity index (χ0n) is 12.8. The summed E-state index contributed by atoms with van der Waals surface area (Å²) >= 11 is 0. The molecule has 0 aromatic heterocycles. The summed E-state index contributed by atoms with van der Waals surface area (Å²) in [5.74, 6) is 2.01. The zero-order valence-corrected chi connectivity index (χ0v) is 12.8. The van der Waals surface area contributed by atoms with E-state index in [0.29, 0.717) is 19.1 Å². The number of hydrogen-bond acceptors (Lipinski definition) is 4. The van der Waals surface area contributed by atoms with Crippen molar-refractivity contribution >= 4 is 0 Å². The number of benzene rings is 1. The summed E-state index contributed by atoms with van der Waals surface area (Å²) in [6.45, 7) is 7.33. The number of likely N-dealkylation sites (tertiary alicyclic amines) is 1. The van der Waals surface area contributed by atoms with E-state index in [1.807, 2.05) is 19.9 Å². The molecular formula is C16H26N2O2. The first-order chi connectivity index (χ1) is 9.65. The largest absolute Gasteiger partial charge is 0.490 e. The molecule has 1 aromatic carbocycles. The summed E-state index contributed by atoms with van der Waals surface area (Å²) in [5, 5.41) is 0. The molecule has 2 atom stereocenters. The quantitative estimate of drug-likeness (QED) is 0.897. The molecule has 0 saturated carbocycles. The van der Waals surface area contributed by atoms with Crippen molar-refractivity contribution in [1.82, 2.24) is 4.90 Å². The first-order valence-electron chi connectivity index (χ1n) is 7.49. The van der Waals surface area contributed by atoms with Crippen molar-refractivity contribution in [2.45, 2.75) is 32.2 Å². The van der Waals surface area contributed by atoms with E-state index in [2.05, 4.69) is 24.1 Å². The van der Waals surface area contributed by atoms with Gasteiger partial charge in [0.15, 0.2) is 11.5 Å². The van der Waals surface area contributed by atoms with Crippen LogP contribution in [0.15, 0.2) is 18.2 Å². The molecule has 2 N–H and O–H groups in total. The number of hydrogen-bond donors (Lipinski definition) is 1. The number of nitrogens with two attached hydrogens (primary N) is 1. The van der Waals surface area contributed by atoms with Crippen LogP contribution in [-0.4, -0.2) is 44.3 Å². The van der Waals surface area contributed by atoms with Crippen LogP contribution in [-0.2, 0) is 0 Å².